The number of ketones is 1. The molecule has 0 radical (unpaired) electrons. The molecule has 5 heterocycles. The average molecular weight is 783 g/mol. The van der Waals surface area contributed by atoms with Gasteiger partial charge in [0, 0.05) is 50.1 Å². The Bertz CT molecular complexity index is 2540. The van der Waals surface area contributed by atoms with Crippen molar-refractivity contribution in [3.63, 3.8) is 0 Å². The van der Waals surface area contributed by atoms with Gasteiger partial charge in [0.2, 0.25) is 5.91 Å². The molecular formula is C41H41F3N8O5. The molecule has 1 atom stereocenters. The van der Waals surface area contributed by atoms with Gasteiger partial charge in [0.15, 0.2) is 17.4 Å². The van der Waals surface area contributed by atoms with Crippen molar-refractivity contribution in [2.45, 2.75) is 75.0 Å². The van der Waals surface area contributed by atoms with Crippen LogP contribution in [0.4, 0.5) is 29.5 Å². The van der Waals surface area contributed by atoms with Crippen molar-refractivity contribution < 1.29 is 32.3 Å². The lowest BCUT2D eigenvalue weighted by atomic mass is 9.79. The van der Waals surface area contributed by atoms with Crippen LogP contribution in [0.5, 0.6) is 0 Å². The second-order valence-electron chi connectivity index (χ2n) is 15.8. The van der Waals surface area contributed by atoms with E-state index < -0.39 is 34.6 Å². The van der Waals surface area contributed by atoms with Crippen molar-refractivity contribution in [1.29, 1.82) is 0 Å². The number of likely N-dealkylation sites (tertiary alicyclic amines) is 1. The van der Waals surface area contributed by atoms with E-state index in [4.69, 9.17) is 10.5 Å². The Hall–Kier alpha value is -5.61. The van der Waals surface area contributed by atoms with Crippen LogP contribution < -0.4 is 21.5 Å². The number of anilines is 2. The van der Waals surface area contributed by atoms with Crippen LogP contribution in [0, 0.1) is 17.5 Å². The maximum absolute atomic E-state index is 15.7. The summed E-state index contributed by atoms with van der Waals surface area (Å²) in [6.07, 6.45) is 7.39. The summed E-state index contributed by atoms with van der Waals surface area (Å²) in [5, 5.41) is 7.51. The van der Waals surface area contributed by atoms with E-state index in [-0.39, 0.29) is 58.8 Å². The standard InChI is InChI=1S/C41H41F3N8O5/c1-49-33-18-26(30(43)17-28(33)38(48-49)51-13-10-34(53)47-40(51)56)22-2-5-24(6-3-22)50-14-11-41(12-15-50)19-25(20-57-41)52-21-46-32-9-4-23(16-27(32)39(52)55)37(54)35-29(42)7-8-31(45)36(35)44/h4,7-9,16-18,21-22,24-25H,2-3,5-6,10-15,19-20,45H2,1H3,(H,47,53,56). The highest BCUT2D eigenvalue weighted by Crippen LogP contribution is 2.43. The number of nitrogens with two attached hydrogens (primary N) is 1. The average Bonchev–Trinajstić information content (AvgIpc) is 3.76. The first-order valence-electron chi connectivity index (χ1n) is 19.3. The van der Waals surface area contributed by atoms with Gasteiger partial charge >= 0.3 is 6.03 Å². The molecule has 3 amide bonds. The number of hydrogen-bond acceptors (Lipinski definition) is 9. The Morgan fingerprint density at radius 3 is 2.46 bits per heavy atom. The second-order valence-corrected chi connectivity index (χ2v) is 15.8. The largest absolute Gasteiger partial charge is 0.396 e. The molecule has 16 heteroatoms. The predicted molar refractivity (Wildman–Crippen MR) is 205 cm³/mol. The summed E-state index contributed by atoms with van der Waals surface area (Å²) >= 11 is 0. The summed E-state index contributed by atoms with van der Waals surface area (Å²) in [7, 11) is 1.77. The number of aryl methyl sites for hydroxylation is 1. The van der Waals surface area contributed by atoms with Gasteiger partial charge in [-0.3, -0.25) is 33.8 Å². The summed E-state index contributed by atoms with van der Waals surface area (Å²) < 4.78 is 54.5. The van der Waals surface area contributed by atoms with Crippen LogP contribution in [0.2, 0.25) is 0 Å². The molecule has 9 rings (SSSR count). The summed E-state index contributed by atoms with van der Waals surface area (Å²) in [4.78, 5) is 59.5. The fourth-order valence-electron chi connectivity index (χ4n) is 9.41. The van der Waals surface area contributed by atoms with E-state index in [0.717, 1.165) is 69.3 Å². The lowest BCUT2D eigenvalue weighted by Gasteiger charge is -2.44. The van der Waals surface area contributed by atoms with Crippen LogP contribution in [0.25, 0.3) is 21.8 Å². The smallest absolute Gasteiger partial charge is 0.329 e. The van der Waals surface area contributed by atoms with Crippen molar-refractivity contribution in [2.75, 3.05) is 36.9 Å². The first kappa shape index (κ1) is 37.0. The third kappa shape index (κ3) is 6.44. The zero-order valence-corrected chi connectivity index (χ0v) is 31.3. The minimum Gasteiger partial charge on any atom is -0.396 e. The van der Waals surface area contributed by atoms with Crippen molar-refractivity contribution >= 4 is 51.0 Å². The number of carbonyl (C=O) groups excluding carboxylic acids is 3. The SMILES string of the molecule is Cn1nc(N2CCC(=O)NC2=O)c2cc(F)c(C3CCC(N4CCC5(CC4)CC(n4cnc6ccc(C(=O)c7c(F)ccc(N)c7F)cc6c4=O)CO5)CC3)cc21. The van der Waals surface area contributed by atoms with Crippen molar-refractivity contribution in [2.24, 2.45) is 7.05 Å². The minimum atomic E-state index is -1.14. The van der Waals surface area contributed by atoms with Crippen LogP contribution in [-0.2, 0) is 16.6 Å². The number of nitrogens with zero attached hydrogens (tertiary/aromatic N) is 6. The molecular weight excluding hydrogens is 741 g/mol. The molecule has 1 aliphatic carbocycles. The highest BCUT2D eigenvalue weighted by atomic mass is 19.1. The topological polar surface area (TPSA) is 158 Å². The van der Waals surface area contributed by atoms with E-state index in [0.29, 0.717) is 41.4 Å². The molecule has 1 spiro atoms. The third-order valence-corrected chi connectivity index (χ3v) is 12.6. The van der Waals surface area contributed by atoms with E-state index >= 15 is 4.39 Å². The van der Waals surface area contributed by atoms with Gasteiger partial charge in [0.05, 0.1) is 52.2 Å². The molecule has 5 aromatic rings. The highest BCUT2D eigenvalue weighted by Gasteiger charge is 2.45. The number of imide groups is 1. The van der Waals surface area contributed by atoms with Crippen LogP contribution in [-0.4, -0.2) is 79.8 Å². The van der Waals surface area contributed by atoms with Crippen molar-refractivity contribution in [3.8, 4) is 0 Å². The van der Waals surface area contributed by atoms with Gasteiger partial charge in [-0.2, -0.15) is 5.10 Å². The Balaban J connectivity index is 0.837. The molecule has 1 unspecified atom stereocenters. The molecule has 4 fully saturated rings. The van der Waals surface area contributed by atoms with Gasteiger partial charge in [-0.1, -0.05) is 0 Å². The summed E-state index contributed by atoms with van der Waals surface area (Å²) in [5.41, 5.74) is 5.39. The summed E-state index contributed by atoms with van der Waals surface area (Å²) in [6.45, 7) is 2.19. The fourth-order valence-corrected chi connectivity index (χ4v) is 9.41. The Morgan fingerprint density at radius 2 is 1.70 bits per heavy atom. The number of nitrogens with one attached hydrogen (secondary N) is 1. The molecule has 1 saturated carbocycles. The maximum Gasteiger partial charge on any atom is 0.329 e. The maximum atomic E-state index is 15.7. The Morgan fingerprint density at radius 1 is 0.930 bits per heavy atom. The molecule has 3 N–H and O–H groups in total. The fraction of sp³-hybridized carbons (Fsp3) is 0.415. The number of benzene rings is 3. The van der Waals surface area contributed by atoms with E-state index in [1.807, 2.05) is 6.07 Å². The zero-order chi connectivity index (χ0) is 39.7. The molecule has 13 nitrogen and oxygen atoms in total. The lowest BCUT2D eigenvalue weighted by Crippen LogP contribution is -2.49. The Kier molecular flexibility index (Phi) is 9.15. The number of piperidine rings is 1. The highest BCUT2D eigenvalue weighted by molar-refractivity contribution is 6.11. The number of aromatic nitrogens is 4. The lowest BCUT2D eigenvalue weighted by molar-refractivity contribution is -0.120. The quantitative estimate of drug-likeness (QED) is 0.168. The van der Waals surface area contributed by atoms with E-state index in [9.17, 15) is 28.0 Å². The number of ether oxygens (including phenoxy) is 1. The molecule has 4 aliphatic rings. The molecule has 3 aliphatic heterocycles. The number of hydrogen-bond donors (Lipinski definition) is 2. The number of amides is 3. The number of urea groups is 1. The first-order valence-corrected chi connectivity index (χ1v) is 19.3. The number of rotatable bonds is 6. The number of nitrogen functional groups attached to an aromatic ring is 1. The number of halogens is 3. The predicted octanol–water partition coefficient (Wildman–Crippen LogP) is 5.48. The third-order valence-electron chi connectivity index (χ3n) is 12.6. The normalized spacial score (nSPS) is 22.8. The van der Waals surface area contributed by atoms with E-state index in [2.05, 4.69) is 20.3 Å². The Labute approximate surface area is 324 Å². The van der Waals surface area contributed by atoms with E-state index in [1.165, 1.54) is 40.1 Å². The molecule has 3 aromatic carbocycles. The number of fused-ring (bicyclic) bond motifs is 2. The summed E-state index contributed by atoms with van der Waals surface area (Å²) in [5.74, 6) is -3.38. The zero-order valence-electron chi connectivity index (χ0n) is 31.3. The van der Waals surface area contributed by atoms with Gasteiger partial charge in [0.1, 0.15) is 11.6 Å². The van der Waals surface area contributed by atoms with Crippen LogP contribution in [0.3, 0.4) is 0 Å². The molecule has 3 saturated heterocycles. The monoisotopic (exact) mass is 782 g/mol. The summed E-state index contributed by atoms with van der Waals surface area (Å²) in [6, 6.07) is 9.04. The number of carbonyl (C=O) groups is 3. The van der Waals surface area contributed by atoms with Gasteiger partial charge in [-0.15, -0.1) is 0 Å². The molecule has 0 bridgehead atoms. The van der Waals surface area contributed by atoms with Crippen molar-refractivity contribution in [1.82, 2.24) is 29.5 Å². The second kappa shape index (κ2) is 14.1. The van der Waals surface area contributed by atoms with Gasteiger partial charge in [-0.25, -0.2) is 22.9 Å². The van der Waals surface area contributed by atoms with Gasteiger partial charge in [0.25, 0.3) is 5.56 Å². The molecule has 2 aromatic heterocycles. The van der Waals surface area contributed by atoms with Crippen LogP contribution >= 0.6 is 0 Å². The van der Waals surface area contributed by atoms with Crippen LogP contribution in [0.15, 0.2) is 53.6 Å². The molecule has 57 heavy (non-hydrogen) atoms. The van der Waals surface area contributed by atoms with E-state index in [1.54, 1.807) is 11.7 Å². The minimum absolute atomic E-state index is 0.0532. The van der Waals surface area contributed by atoms with Crippen LogP contribution in [0.1, 0.15) is 84.8 Å². The van der Waals surface area contributed by atoms with Gasteiger partial charge in [-0.05, 0) is 98.9 Å². The first-order chi connectivity index (χ1) is 27.4. The van der Waals surface area contributed by atoms with Crippen molar-refractivity contribution in [3.05, 3.63) is 93.3 Å². The molecule has 296 valence electrons. The van der Waals surface area contributed by atoms with Gasteiger partial charge < -0.3 is 15.4 Å².